The van der Waals surface area contributed by atoms with E-state index in [4.69, 9.17) is 4.42 Å². The van der Waals surface area contributed by atoms with Crippen LogP contribution in [0.1, 0.15) is 19.1 Å². The largest absolute Gasteiger partial charge is 0.467 e. The quantitative estimate of drug-likeness (QED) is 0.787. The Hall–Kier alpha value is -1.86. The minimum absolute atomic E-state index is 0.0305. The van der Waals surface area contributed by atoms with E-state index in [9.17, 15) is 14.7 Å². The molecule has 0 saturated carbocycles. The molecule has 1 fully saturated rings. The second-order valence-electron chi connectivity index (χ2n) is 5.53. The molecular weight excluding hydrogens is 286 g/mol. The standard InChI is InChI=1S/C15H23N3O4/c1-12(19)18-7-6-17(10-13(20)11-18)5-4-15(21)16-9-14-3-2-8-22-14/h2-3,8,13,20H,4-7,9-11H2,1H3,(H,16,21)/t13-/m1/s1. The van der Waals surface area contributed by atoms with Crippen LogP contribution in [-0.2, 0) is 16.1 Å². The third kappa shape index (κ3) is 5.16. The van der Waals surface area contributed by atoms with Crippen molar-refractivity contribution in [1.82, 2.24) is 15.1 Å². The van der Waals surface area contributed by atoms with Gasteiger partial charge in [-0.1, -0.05) is 0 Å². The maximum absolute atomic E-state index is 11.8. The van der Waals surface area contributed by atoms with Crippen LogP contribution in [0.25, 0.3) is 0 Å². The summed E-state index contributed by atoms with van der Waals surface area (Å²) in [7, 11) is 0. The third-order valence-corrected chi connectivity index (χ3v) is 3.73. The van der Waals surface area contributed by atoms with Gasteiger partial charge in [0.2, 0.25) is 11.8 Å². The highest BCUT2D eigenvalue weighted by molar-refractivity contribution is 5.76. The smallest absolute Gasteiger partial charge is 0.221 e. The van der Waals surface area contributed by atoms with Crippen molar-refractivity contribution in [2.45, 2.75) is 26.0 Å². The van der Waals surface area contributed by atoms with Gasteiger partial charge in [-0.05, 0) is 12.1 Å². The minimum Gasteiger partial charge on any atom is -0.467 e. The highest BCUT2D eigenvalue weighted by Crippen LogP contribution is 2.05. The number of nitrogens with zero attached hydrogens (tertiary/aromatic N) is 2. The molecule has 2 N–H and O–H groups in total. The van der Waals surface area contributed by atoms with Crippen LogP contribution in [0, 0.1) is 0 Å². The summed E-state index contributed by atoms with van der Waals surface area (Å²) in [6.07, 6.45) is 1.35. The van der Waals surface area contributed by atoms with Gasteiger partial charge in [0.25, 0.3) is 0 Å². The molecule has 1 aromatic rings. The lowest BCUT2D eigenvalue weighted by Crippen LogP contribution is -2.36. The fourth-order valence-corrected chi connectivity index (χ4v) is 2.49. The lowest BCUT2D eigenvalue weighted by atomic mass is 10.3. The van der Waals surface area contributed by atoms with Gasteiger partial charge in [0, 0.05) is 46.1 Å². The summed E-state index contributed by atoms with van der Waals surface area (Å²) in [4.78, 5) is 26.9. The Labute approximate surface area is 129 Å². The Bertz CT molecular complexity index is 489. The normalized spacial score (nSPS) is 19.7. The molecule has 0 bridgehead atoms. The van der Waals surface area contributed by atoms with E-state index < -0.39 is 6.10 Å². The van der Waals surface area contributed by atoms with Crippen LogP contribution in [0.5, 0.6) is 0 Å². The molecule has 2 rings (SSSR count). The fraction of sp³-hybridized carbons (Fsp3) is 0.600. The molecule has 0 unspecified atom stereocenters. The molecule has 22 heavy (non-hydrogen) atoms. The van der Waals surface area contributed by atoms with E-state index in [-0.39, 0.29) is 11.8 Å². The highest BCUT2D eigenvalue weighted by atomic mass is 16.3. The molecule has 0 aliphatic carbocycles. The van der Waals surface area contributed by atoms with E-state index in [1.807, 2.05) is 11.0 Å². The van der Waals surface area contributed by atoms with Crippen LogP contribution < -0.4 is 5.32 Å². The topological polar surface area (TPSA) is 86.0 Å². The summed E-state index contributed by atoms with van der Waals surface area (Å²) in [5.74, 6) is 0.631. The number of carbonyl (C=O) groups is 2. The summed E-state index contributed by atoms with van der Waals surface area (Å²) >= 11 is 0. The van der Waals surface area contributed by atoms with Gasteiger partial charge in [-0.3, -0.25) is 14.5 Å². The maximum Gasteiger partial charge on any atom is 0.221 e. The number of β-amino-alcohol motifs (C(OH)–C–C–N with tert-alkyl or cyclic N) is 1. The summed E-state index contributed by atoms with van der Waals surface area (Å²) in [6.45, 7) is 4.54. The zero-order valence-electron chi connectivity index (χ0n) is 12.8. The lowest BCUT2D eigenvalue weighted by molar-refractivity contribution is -0.129. The van der Waals surface area contributed by atoms with Crippen molar-refractivity contribution in [3.8, 4) is 0 Å². The number of amides is 2. The van der Waals surface area contributed by atoms with Gasteiger partial charge in [0.1, 0.15) is 5.76 Å². The number of rotatable bonds is 5. The Morgan fingerprint density at radius 2 is 2.23 bits per heavy atom. The van der Waals surface area contributed by atoms with Crippen molar-refractivity contribution in [2.24, 2.45) is 0 Å². The molecule has 7 nitrogen and oxygen atoms in total. The second-order valence-corrected chi connectivity index (χ2v) is 5.53. The van der Waals surface area contributed by atoms with E-state index >= 15 is 0 Å². The zero-order valence-corrected chi connectivity index (χ0v) is 12.8. The van der Waals surface area contributed by atoms with Crippen molar-refractivity contribution in [3.63, 3.8) is 0 Å². The second kappa shape index (κ2) is 7.95. The Morgan fingerprint density at radius 3 is 2.91 bits per heavy atom. The summed E-state index contributed by atoms with van der Waals surface area (Å²) in [5, 5.41) is 12.7. The predicted octanol–water partition coefficient (Wildman–Crippen LogP) is -0.189. The van der Waals surface area contributed by atoms with Crippen LogP contribution in [0.3, 0.4) is 0 Å². The molecule has 1 aromatic heterocycles. The van der Waals surface area contributed by atoms with Crippen LogP contribution in [0.15, 0.2) is 22.8 Å². The molecule has 1 aliphatic rings. The van der Waals surface area contributed by atoms with Crippen LogP contribution in [0.4, 0.5) is 0 Å². The predicted molar refractivity (Wildman–Crippen MR) is 79.9 cm³/mol. The number of hydrogen-bond acceptors (Lipinski definition) is 5. The van der Waals surface area contributed by atoms with Gasteiger partial charge < -0.3 is 19.7 Å². The van der Waals surface area contributed by atoms with E-state index in [1.165, 1.54) is 6.92 Å². The Kier molecular flexibility index (Phi) is 5.97. The van der Waals surface area contributed by atoms with Crippen molar-refractivity contribution in [2.75, 3.05) is 32.7 Å². The number of nitrogens with one attached hydrogen (secondary N) is 1. The third-order valence-electron chi connectivity index (χ3n) is 3.73. The summed E-state index contributed by atoms with van der Waals surface area (Å²) in [5.41, 5.74) is 0. The first-order valence-corrected chi connectivity index (χ1v) is 7.49. The molecule has 122 valence electrons. The molecule has 1 aliphatic heterocycles. The van der Waals surface area contributed by atoms with Gasteiger partial charge in [0.05, 0.1) is 18.9 Å². The molecule has 2 heterocycles. The van der Waals surface area contributed by atoms with E-state index in [0.29, 0.717) is 45.7 Å². The van der Waals surface area contributed by atoms with Crippen LogP contribution in [-0.4, -0.2) is 65.5 Å². The average Bonchev–Trinajstić information content (AvgIpc) is 2.92. The molecule has 2 amide bonds. The highest BCUT2D eigenvalue weighted by Gasteiger charge is 2.22. The number of hydrogen-bond donors (Lipinski definition) is 2. The zero-order chi connectivity index (χ0) is 15.9. The van der Waals surface area contributed by atoms with E-state index in [2.05, 4.69) is 5.32 Å². The van der Waals surface area contributed by atoms with E-state index in [1.54, 1.807) is 17.2 Å². The van der Waals surface area contributed by atoms with Gasteiger partial charge >= 0.3 is 0 Å². The summed E-state index contributed by atoms with van der Waals surface area (Å²) in [6, 6.07) is 3.59. The minimum atomic E-state index is -0.572. The van der Waals surface area contributed by atoms with Gasteiger partial charge in [-0.15, -0.1) is 0 Å². The maximum atomic E-state index is 11.8. The number of carbonyl (C=O) groups excluding carboxylic acids is 2. The van der Waals surface area contributed by atoms with Crippen molar-refractivity contribution >= 4 is 11.8 Å². The molecule has 1 atom stereocenters. The SMILES string of the molecule is CC(=O)N1CCN(CCC(=O)NCc2ccco2)C[C@@H](O)C1. The van der Waals surface area contributed by atoms with E-state index in [0.717, 1.165) is 5.76 Å². The van der Waals surface area contributed by atoms with Crippen LogP contribution >= 0.6 is 0 Å². The first-order valence-electron chi connectivity index (χ1n) is 7.49. The molecule has 0 radical (unpaired) electrons. The van der Waals surface area contributed by atoms with Crippen molar-refractivity contribution in [3.05, 3.63) is 24.2 Å². The fourth-order valence-electron chi connectivity index (χ4n) is 2.49. The molecular formula is C15H23N3O4. The number of aliphatic hydroxyl groups is 1. The van der Waals surface area contributed by atoms with Gasteiger partial charge in [-0.25, -0.2) is 0 Å². The van der Waals surface area contributed by atoms with Crippen molar-refractivity contribution in [1.29, 1.82) is 0 Å². The first-order chi connectivity index (χ1) is 10.5. The average molecular weight is 309 g/mol. The van der Waals surface area contributed by atoms with Crippen molar-refractivity contribution < 1.29 is 19.1 Å². The Morgan fingerprint density at radius 1 is 1.41 bits per heavy atom. The molecule has 0 aromatic carbocycles. The number of aliphatic hydroxyl groups excluding tert-OH is 1. The van der Waals surface area contributed by atoms with Crippen LogP contribution in [0.2, 0.25) is 0 Å². The molecule has 7 heteroatoms. The number of furan rings is 1. The summed E-state index contributed by atoms with van der Waals surface area (Å²) < 4.78 is 5.15. The monoisotopic (exact) mass is 309 g/mol. The van der Waals surface area contributed by atoms with Gasteiger partial charge in [-0.2, -0.15) is 0 Å². The molecule has 1 saturated heterocycles. The molecule has 0 spiro atoms. The van der Waals surface area contributed by atoms with Gasteiger partial charge in [0.15, 0.2) is 0 Å². The first kappa shape index (κ1) is 16.5. The Balaban J connectivity index is 1.71. The lowest BCUT2D eigenvalue weighted by Gasteiger charge is -2.20.